The number of carbonyl (C=O) groups is 3. The summed E-state index contributed by atoms with van der Waals surface area (Å²) in [6, 6.07) is 0. The zero-order valence-electron chi connectivity index (χ0n) is 17.8. The maximum atomic E-state index is 13.9. The minimum atomic E-state index is -3.50. The lowest BCUT2D eigenvalue weighted by atomic mass is 9.91. The van der Waals surface area contributed by atoms with Gasteiger partial charge < -0.3 is 14.2 Å². The predicted molar refractivity (Wildman–Crippen MR) is 102 cm³/mol. The average Bonchev–Trinajstić information content (AvgIpc) is 2.63. The Morgan fingerprint density at radius 2 is 1.45 bits per heavy atom. The Morgan fingerprint density at radius 1 is 0.897 bits per heavy atom. The molecule has 29 heavy (non-hydrogen) atoms. The van der Waals surface area contributed by atoms with Gasteiger partial charge in [0, 0.05) is 0 Å². The molecule has 0 aliphatic heterocycles. The van der Waals surface area contributed by atoms with Gasteiger partial charge in [0.1, 0.15) is 18.9 Å². The molecule has 0 saturated heterocycles. The molecule has 0 spiro atoms. The zero-order valence-corrected chi connectivity index (χ0v) is 17.8. The number of hydrogen-bond acceptors (Lipinski definition) is 6. The quantitative estimate of drug-likeness (QED) is 0.261. The van der Waals surface area contributed by atoms with Gasteiger partial charge in [-0.1, -0.05) is 13.3 Å². The molecule has 0 aromatic carbocycles. The molecule has 0 atom stereocenters. The van der Waals surface area contributed by atoms with E-state index in [9.17, 15) is 23.2 Å². The largest absolute Gasteiger partial charge is 0.466 e. The highest BCUT2D eigenvalue weighted by atomic mass is 19.3. The molecule has 1 aliphatic rings. The van der Waals surface area contributed by atoms with Crippen LogP contribution in [0.5, 0.6) is 0 Å². The van der Waals surface area contributed by atoms with E-state index in [1.165, 1.54) is 0 Å². The van der Waals surface area contributed by atoms with Gasteiger partial charge in [-0.15, -0.1) is 0 Å². The van der Waals surface area contributed by atoms with Crippen molar-refractivity contribution < 1.29 is 37.4 Å². The lowest BCUT2D eigenvalue weighted by molar-refractivity contribution is -0.163. The Kier molecular flexibility index (Phi) is 10.5. The molecule has 0 heterocycles. The summed E-state index contributed by atoms with van der Waals surface area (Å²) in [5, 5.41) is 0. The fourth-order valence-electron chi connectivity index (χ4n) is 2.84. The number of halogens is 2. The number of alkyl halides is 2. The average molecular weight is 420 g/mol. The van der Waals surface area contributed by atoms with Crippen LogP contribution in [-0.2, 0) is 28.6 Å². The summed E-state index contributed by atoms with van der Waals surface area (Å²) in [5.41, 5.74) is -0.545. The third-order valence-electron chi connectivity index (χ3n) is 5.13. The van der Waals surface area contributed by atoms with Gasteiger partial charge in [-0.2, -0.15) is 0 Å². The molecule has 0 amide bonds. The van der Waals surface area contributed by atoms with E-state index in [4.69, 9.17) is 14.2 Å². The Morgan fingerprint density at radius 3 is 2.03 bits per heavy atom. The zero-order chi connectivity index (χ0) is 21.9. The molecule has 168 valence electrons. The predicted octanol–water partition coefficient (Wildman–Crippen LogP) is 4.58. The number of carbonyl (C=O) groups excluding carboxylic acids is 3. The second kappa shape index (κ2) is 12.1. The van der Waals surface area contributed by atoms with Gasteiger partial charge in [0.25, 0.3) is 5.92 Å². The van der Waals surface area contributed by atoms with E-state index in [1.54, 1.807) is 13.8 Å². The molecular weight excluding hydrogens is 386 g/mol. The van der Waals surface area contributed by atoms with Crippen molar-refractivity contribution >= 4 is 17.9 Å². The summed E-state index contributed by atoms with van der Waals surface area (Å²) >= 11 is 0. The molecule has 0 bridgehead atoms. The van der Waals surface area contributed by atoms with Crippen LogP contribution in [0.25, 0.3) is 0 Å². The summed E-state index contributed by atoms with van der Waals surface area (Å²) in [6.45, 7) is 5.62. The Bertz CT molecular complexity index is 541. The summed E-state index contributed by atoms with van der Waals surface area (Å²) < 4.78 is 42.8. The Labute approximate surface area is 171 Å². The van der Waals surface area contributed by atoms with Crippen LogP contribution in [0.1, 0.15) is 85.0 Å². The molecule has 1 rings (SSSR count). The van der Waals surface area contributed by atoms with Crippen molar-refractivity contribution in [3.63, 3.8) is 0 Å². The molecule has 0 unspecified atom stereocenters. The van der Waals surface area contributed by atoms with Crippen molar-refractivity contribution in [3.05, 3.63) is 0 Å². The van der Waals surface area contributed by atoms with Crippen LogP contribution < -0.4 is 0 Å². The number of ether oxygens (including phenoxy) is 3. The smallest absolute Gasteiger partial charge is 0.312 e. The number of esters is 3. The van der Waals surface area contributed by atoms with E-state index in [-0.39, 0.29) is 25.3 Å². The first kappa shape index (κ1) is 25.3. The van der Waals surface area contributed by atoms with Crippen LogP contribution in [0.2, 0.25) is 0 Å². The third kappa shape index (κ3) is 10.6. The fourth-order valence-corrected chi connectivity index (χ4v) is 2.84. The summed E-state index contributed by atoms with van der Waals surface area (Å²) in [5.74, 6) is -5.84. The van der Waals surface area contributed by atoms with Crippen LogP contribution in [0, 0.1) is 5.41 Å². The van der Waals surface area contributed by atoms with E-state index in [2.05, 4.69) is 0 Å². The van der Waals surface area contributed by atoms with Gasteiger partial charge in [0.15, 0.2) is 0 Å². The highest BCUT2D eigenvalue weighted by molar-refractivity contribution is 5.76. The molecule has 1 aliphatic carbocycles. The minimum absolute atomic E-state index is 0.0455. The normalized spacial score (nSPS) is 15.6. The monoisotopic (exact) mass is 420 g/mol. The van der Waals surface area contributed by atoms with Crippen molar-refractivity contribution in [2.45, 2.75) is 97.0 Å². The summed E-state index contributed by atoms with van der Waals surface area (Å²) in [4.78, 5) is 35.1. The van der Waals surface area contributed by atoms with Crippen LogP contribution in [0.4, 0.5) is 8.78 Å². The van der Waals surface area contributed by atoms with Gasteiger partial charge >= 0.3 is 17.9 Å². The lowest BCUT2D eigenvalue weighted by Crippen LogP contribution is -2.29. The molecular formula is C21H34F2O6. The fraction of sp³-hybridized carbons (Fsp3) is 0.857. The van der Waals surface area contributed by atoms with Gasteiger partial charge in [0.05, 0.1) is 18.6 Å². The maximum Gasteiger partial charge on any atom is 0.312 e. The topological polar surface area (TPSA) is 78.9 Å². The molecule has 0 N–H and O–H groups in total. The SMILES string of the molecule is CCC(C)(C)C(=O)OCCCCOC(=O)CC(F)(F)CC(=O)OC1CCCCC1. The van der Waals surface area contributed by atoms with Crippen molar-refractivity contribution in [3.8, 4) is 0 Å². The third-order valence-corrected chi connectivity index (χ3v) is 5.13. The number of hydrogen-bond donors (Lipinski definition) is 0. The van der Waals surface area contributed by atoms with E-state index < -0.39 is 36.1 Å². The van der Waals surface area contributed by atoms with Gasteiger partial charge in [-0.25, -0.2) is 8.78 Å². The van der Waals surface area contributed by atoms with E-state index in [1.807, 2.05) is 6.92 Å². The second-order valence-corrected chi connectivity index (χ2v) is 8.26. The van der Waals surface area contributed by atoms with E-state index in [0.717, 1.165) is 19.3 Å². The molecule has 0 aromatic rings. The first-order valence-electron chi connectivity index (χ1n) is 10.5. The minimum Gasteiger partial charge on any atom is -0.466 e. The van der Waals surface area contributed by atoms with Crippen LogP contribution in [0.15, 0.2) is 0 Å². The highest BCUT2D eigenvalue weighted by Crippen LogP contribution is 2.26. The van der Waals surface area contributed by atoms with E-state index >= 15 is 0 Å². The van der Waals surface area contributed by atoms with Gasteiger partial charge in [-0.05, 0) is 58.8 Å². The maximum absolute atomic E-state index is 13.9. The Balaban J connectivity index is 2.17. The highest BCUT2D eigenvalue weighted by Gasteiger charge is 2.37. The van der Waals surface area contributed by atoms with Crippen LogP contribution in [-0.4, -0.2) is 43.1 Å². The van der Waals surface area contributed by atoms with Crippen molar-refractivity contribution in [2.75, 3.05) is 13.2 Å². The second-order valence-electron chi connectivity index (χ2n) is 8.26. The molecule has 1 saturated carbocycles. The van der Waals surface area contributed by atoms with Crippen LogP contribution >= 0.6 is 0 Å². The first-order valence-corrected chi connectivity index (χ1v) is 10.5. The van der Waals surface area contributed by atoms with Crippen molar-refractivity contribution in [2.24, 2.45) is 5.41 Å². The van der Waals surface area contributed by atoms with E-state index in [0.29, 0.717) is 32.1 Å². The molecule has 1 fully saturated rings. The molecule has 8 heteroatoms. The van der Waals surface area contributed by atoms with Gasteiger partial charge in [0.2, 0.25) is 0 Å². The molecule has 6 nitrogen and oxygen atoms in total. The summed E-state index contributed by atoms with van der Waals surface area (Å²) in [6.07, 6.45) is 3.25. The Hall–Kier alpha value is -1.73. The standard InChI is InChI=1S/C21H34F2O6/c1-4-20(2,3)19(26)28-13-9-8-12-27-17(24)14-21(22,23)15-18(25)29-16-10-6-5-7-11-16/h16H,4-15H2,1-3H3. The molecule has 0 radical (unpaired) electrons. The number of rotatable bonds is 12. The first-order chi connectivity index (χ1) is 13.6. The van der Waals surface area contributed by atoms with Crippen molar-refractivity contribution in [1.82, 2.24) is 0 Å². The van der Waals surface area contributed by atoms with Crippen LogP contribution in [0.3, 0.4) is 0 Å². The lowest BCUT2D eigenvalue weighted by Gasteiger charge is -2.23. The van der Waals surface area contributed by atoms with Gasteiger partial charge in [-0.3, -0.25) is 14.4 Å². The van der Waals surface area contributed by atoms with Crippen molar-refractivity contribution in [1.29, 1.82) is 0 Å². The number of unbranched alkanes of at least 4 members (excludes halogenated alkanes) is 1. The molecule has 0 aromatic heterocycles. The summed E-state index contributed by atoms with van der Waals surface area (Å²) in [7, 11) is 0.